The molecule has 0 radical (unpaired) electrons. The molecule has 0 aliphatic rings. The van der Waals surface area contributed by atoms with Crippen LogP contribution in [-0.4, -0.2) is 49.2 Å². The molecule has 0 saturated heterocycles. The van der Waals surface area contributed by atoms with E-state index in [2.05, 4.69) is 25.5 Å². The number of nitrogens with zero attached hydrogens (tertiary/aromatic N) is 5. The van der Waals surface area contributed by atoms with Crippen molar-refractivity contribution in [2.75, 3.05) is 19.0 Å². The van der Waals surface area contributed by atoms with Crippen molar-refractivity contribution in [1.82, 2.24) is 29.5 Å². The molecule has 148 valence electrons. The molecule has 0 unspecified atom stereocenters. The largest absolute Gasteiger partial charge is 0.375 e. The summed E-state index contributed by atoms with van der Waals surface area (Å²) in [6.07, 6.45) is 1.38. The molecule has 4 rings (SSSR count). The van der Waals surface area contributed by atoms with Crippen molar-refractivity contribution in [3.05, 3.63) is 58.4 Å². The predicted octanol–water partition coefficient (Wildman–Crippen LogP) is 1.33. The second-order valence-corrected chi connectivity index (χ2v) is 6.22. The Kier molecular flexibility index (Phi) is 4.64. The zero-order chi connectivity index (χ0) is 20.5. The summed E-state index contributed by atoms with van der Waals surface area (Å²) in [5.41, 5.74) is 0.974. The maximum absolute atomic E-state index is 13.2. The first-order chi connectivity index (χ1) is 14.0. The zero-order valence-corrected chi connectivity index (χ0v) is 15.5. The summed E-state index contributed by atoms with van der Waals surface area (Å²) in [7, 11) is 1.41. The van der Waals surface area contributed by atoms with E-state index in [9.17, 15) is 14.0 Å². The van der Waals surface area contributed by atoms with Gasteiger partial charge in [-0.2, -0.15) is 19.9 Å². The Balaban J connectivity index is 1.84. The highest BCUT2D eigenvalue weighted by molar-refractivity contribution is 5.91. The van der Waals surface area contributed by atoms with Gasteiger partial charge in [-0.25, -0.2) is 9.07 Å². The van der Waals surface area contributed by atoms with Crippen LogP contribution >= 0.6 is 0 Å². The maximum Gasteiger partial charge on any atom is 0.263 e. The molecule has 3 aromatic heterocycles. The van der Waals surface area contributed by atoms with Gasteiger partial charge in [0.2, 0.25) is 5.95 Å². The van der Waals surface area contributed by atoms with Crippen LogP contribution in [-0.2, 0) is 9.53 Å². The van der Waals surface area contributed by atoms with Crippen molar-refractivity contribution >= 4 is 22.8 Å². The Morgan fingerprint density at radius 2 is 2.03 bits per heavy atom. The van der Waals surface area contributed by atoms with Crippen LogP contribution in [0.15, 0.2) is 41.3 Å². The summed E-state index contributed by atoms with van der Waals surface area (Å²) in [5, 5.41) is 11.4. The van der Waals surface area contributed by atoms with E-state index in [0.717, 1.165) is 0 Å². The van der Waals surface area contributed by atoms with E-state index in [1.807, 2.05) is 0 Å². The van der Waals surface area contributed by atoms with E-state index in [-0.39, 0.29) is 35.3 Å². The number of anilines is 1. The van der Waals surface area contributed by atoms with Gasteiger partial charge < -0.3 is 10.1 Å². The number of benzene rings is 1. The fourth-order valence-corrected chi connectivity index (χ4v) is 2.84. The van der Waals surface area contributed by atoms with Crippen molar-refractivity contribution in [3.63, 3.8) is 0 Å². The lowest BCUT2D eigenvalue weighted by Crippen LogP contribution is -2.21. The van der Waals surface area contributed by atoms with Crippen LogP contribution in [0.25, 0.3) is 22.7 Å². The minimum Gasteiger partial charge on any atom is -0.375 e. The summed E-state index contributed by atoms with van der Waals surface area (Å²) in [5.74, 6) is -0.360. The molecular weight excluding hydrogens is 381 g/mol. The molecule has 1 amide bonds. The van der Waals surface area contributed by atoms with Crippen LogP contribution in [0.5, 0.6) is 0 Å². The van der Waals surface area contributed by atoms with Crippen molar-refractivity contribution in [3.8, 4) is 11.6 Å². The lowest BCUT2D eigenvalue weighted by atomic mass is 10.3. The number of aromatic amines is 1. The van der Waals surface area contributed by atoms with Crippen LogP contribution in [0.3, 0.4) is 0 Å². The number of nitrogens with one attached hydrogen (secondary N) is 2. The number of halogens is 1. The molecule has 2 N–H and O–H groups in total. The summed E-state index contributed by atoms with van der Waals surface area (Å²) < 4.78 is 20.8. The number of aryl methyl sites for hydroxylation is 1. The quantitative estimate of drug-likeness (QED) is 0.524. The molecular formula is C18H16FN7O3. The minimum atomic E-state index is -0.430. The molecule has 10 nitrogen and oxygen atoms in total. The fraction of sp³-hybridized carbons (Fsp3) is 0.167. The van der Waals surface area contributed by atoms with Crippen molar-refractivity contribution in [1.29, 1.82) is 0 Å². The molecule has 3 heterocycles. The first-order valence-electron chi connectivity index (χ1n) is 8.56. The number of hydrogen-bond donors (Lipinski definition) is 2. The molecule has 0 aliphatic carbocycles. The Morgan fingerprint density at radius 1 is 1.28 bits per heavy atom. The average Bonchev–Trinajstić information content (AvgIpc) is 3.26. The number of amides is 1. The van der Waals surface area contributed by atoms with Crippen LogP contribution in [0, 0.1) is 12.7 Å². The Morgan fingerprint density at radius 3 is 2.76 bits per heavy atom. The number of ether oxygens (including phenoxy) is 1. The smallest absolute Gasteiger partial charge is 0.263 e. The van der Waals surface area contributed by atoms with E-state index in [1.54, 1.807) is 13.0 Å². The molecule has 0 saturated carbocycles. The number of rotatable bonds is 5. The van der Waals surface area contributed by atoms with E-state index in [4.69, 9.17) is 4.74 Å². The van der Waals surface area contributed by atoms with Crippen LogP contribution in [0.4, 0.5) is 10.2 Å². The van der Waals surface area contributed by atoms with Crippen molar-refractivity contribution in [2.24, 2.45) is 0 Å². The molecule has 0 spiro atoms. The number of methoxy groups -OCH3 is 1. The SMILES string of the molecule is COCC(=O)Nc1cc(C)nn1-c1nc2c(cnn2-c2ccc(F)cc2)c(=O)[nH]1. The van der Waals surface area contributed by atoms with E-state index >= 15 is 0 Å². The highest BCUT2D eigenvalue weighted by atomic mass is 19.1. The van der Waals surface area contributed by atoms with Gasteiger partial charge in [0.1, 0.15) is 23.6 Å². The van der Waals surface area contributed by atoms with Gasteiger partial charge in [0.15, 0.2) is 5.65 Å². The lowest BCUT2D eigenvalue weighted by molar-refractivity contribution is -0.119. The Hall–Kier alpha value is -3.86. The highest BCUT2D eigenvalue weighted by Gasteiger charge is 2.16. The van der Waals surface area contributed by atoms with Crippen LogP contribution < -0.4 is 10.9 Å². The number of carbonyl (C=O) groups is 1. The second-order valence-electron chi connectivity index (χ2n) is 6.22. The Labute approximate surface area is 162 Å². The molecule has 0 aliphatic heterocycles. The summed E-state index contributed by atoms with van der Waals surface area (Å²) in [6, 6.07) is 7.26. The number of H-pyrrole nitrogens is 1. The molecule has 1 aromatic carbocycles. The first-order valence-corrected chi connectivity index (χ1v) is 8.56. The molecule has 29 heavy (non-hydrogen) atoms. The zero-order valence-electron chi connectivity index (χ0n) is 15.5. The van der Waals surface area contributed by atoms with E-state index in [1.165, 1.54) is 46.9 Å². The summed E-state index contributed by atoms with van der Waals surface area (Å²) >= 11 is 0. The monoisotopic (exact) mass is 397 g/mol. The molecule has 0 bridgehead atoms. The van der Waals surface area contributed by atoms with E-state index in [0.29, 0.717) is 17.2 Å². The predicted molar refractivity (Wildman–Crippen MR) is 102 cm³/mol. The maximum atomic E-state index is 13.2. The van der Waals surface area contributed by atoms with Gasteiger partial charge in [-0.05, 0) is 31.2 Å². The van der Waals surface area contributed by atoms with Gasteiger partial charge in [-0.15, -0.1) is 0 Å². The van der Waals surface area contributed by atoms with Crippen LogP contribution in [0.2, 0.25) is 0 Å². The third kappa shape index (κ3) is 3.50. The molecule has 0 atom stereocenters. The van der Waals surface area contributed by atoms with Gasteiger partial charge in [0.25, 0.3) is 11.5 Å². The molecule has 11 heteroatoms. The first kappa shape index (κ1) is 18.5. The fourth-order valence-electron chi connectivity index (χ4n) is 2.84. The average molecular weight is 397 g/mol. The van der Waals surface area contributed by atoms with E-state index < -0.39 is 5.56 Å². The number of hydrogen-bond acceptors (Lipinski definition) is 6. The van der Waals surface area contributed by atoms with Gasteiger partial charge in [-0.1, -0.05) is 0 Å². The highest BCUT2D eigenvalue weighted by Crippen LogP contribution is 2.18. The third-order valence-electron chi connectivity index (χ3n) is 4.07. The topological polar surface area (TPSA) is 120 Å². The summed E-state index contributed by atoms with van der Waals surface area (Å²) in [4.78, 5) is 31.6. The molecule has 0 fully saturated rings. The summed E-state index contributed by atoms with van der Waals surface area (Å²) in [6.45, 7) is 1.60. The number of aromatic nitrogens is 6. The second kappa shape index (κ2) is 7.28. The van der Waals surface area contributed by atoms with Gasteiger partial charge in [-0.3, -0.25) is 14.6 Å². The lowest BCUT2D eigenvalue weighted by Gasteiger charge is -2.08. The normalized spacial score (nSPS) is 11.1. The third-order valence-corrected chi connectivity index (χ3v) is 4.07. The van der Waals surface area contributed by atoms with Crippen molar-refractivity contribution < 1.29 is 13.9 Å². The van der Waals surface area contributed by atoms with Crippen LogP contribution in [0.1, 0.15) is 5.69 Å². The van der Waals surface area contributed by atoms with Gasteiger partial charge in [0, 0.05) is 13.2 Å². The minimum absolute atomic E-state index is 0.0900. The Bertz CT molecular complexity index is 1260. The number of fused-ring (bicyclic) bond motifs is 1. The number of carbonyl (C=O) groups excluding carboxylic acids is 1. The van der Waals surface area contributed by atoms with Gasteiger partial charge >= 0.3 is 0 Å². The van der Waals surface area contributed by atoms with Gasteiger partial charge in [0.05, 0.1) is 17.6 Å². The molecule has 4 aromatic rings. The standard InChI is InChI=1S/C18H16FN7O3/c1-10-7-14(21-15(27)9-29-2)26(24-10)18-22-16-13(17(28)23-18)8-20-25(16)12-5-3-11(19)4-6-12/h3-8H,9H2,1-2H3,(H,21,27)(H,22,23,28). The van der Waals surface area contributed by atoms with Crippen molar-refractivity contribution in [2.45, 2.75) is 6.92 Å².